The first-order valence-corrected chi connectivity index (χ1v) is 10.1. The van der Waals surface area contributed by atoms with Gasteiger partial charge in [0, 0.05) is 5.41 Å². The largest absolute Gasteiger partial charge is 0.508 e. The van der Waals surface area contributed by atoms with Gasteiger partial charge in [-0.3, -0.25) is 0 Å². The van der Waals surface area contributed by atoms with Crippen molar-refractivity contribution in [3.8, 4) is 5.75 Å². The number of rotatable bonds is 2. The van der Waals surface area contributed by atoms with E-state index < -0.39 is 11.2 Å². The molecule has 0 bridgehead atoms. The number of phenols is 1. The molecule has 0 aliphatic heterocycles. The summed E-state index contributed by atoms with van der Waals surface area (Å²) < 4.78 is 0. The van der Waals surface area contributed by atoms with Crippen LogP contribution in [-0.2, 0) is 17.4 Å². The second-order valence-electron chi connectivity index (χ2n) is 9.02. The molecule has 27 heavy (non-hydrogen) atoms. The Balaban J connectivity index is 1.87. The maximum absolute atomic E-state index is 11.7. The summed E-state index contributed by atoms with van der Waals surface area (Å²) in [5.74, 6) is 0.935. The summed E-state index contributed by atoms with van der Waals surface area (Å²) in [7, 11) is 0. The van der Waals surface area contributed by atoms with Gasteiger partial charge < -0.3 is 15.3 Å². The van der Waals surface area contributed by atoms with Crippen LogP contribution < -0.4 is 0 Å². The Bertz CT molecular complexity index is 844. The Kier molecular flexibility index (Phi) is 4.17. The minimum Gasteiger partial charge on any atom is -0.508 e. The Morgan fingerprint density at radius 3 is 2.44 bits per heavy atom. The van der Waals surface area contributed by atoms with Gasteiger partial charge in [-0.1, -0.05) is 50.2 Å². The van der Waals surface area contributed by atoms with Crippen molar-refractivity contribution in [2.24, 2.45) is 11.8 Å². The summed E-state index contributed by atoms with van der Waals surface area (Å²) in [4.78, 5) is 0. The summed E-state index contributed by atoms with van der Waals surface area (Å²) in [6, 6.07) is 15.3. The molecule has 0 amide bonds. The number of aliphatic hydroxyl groups is 2. The lowest BCUT2D eigenvalue weighted by atomic mass is 9.47. The van der Waals surface area contributed by atoms with Crippen molar-refractivity contribution >= 4 is 0 Å². The molecule has 0 saturated heterocycles. The van der Waals surface area contributed by atoms with Crippen molar-refractivity contribution in [1.29, 1.82) is 0 Å². The monoisotopic (exact) mass is 366 g/mol. The molecule has 4 unspecified atom stereocenters. The van der Waals surface area contributed by atoms with E-state index in [0.717, 1.165) is 18.4 Å². The first-order chi connectivity index (χ1) is 12.7. The van der Waals surface area contributed by atoms with Crippen LogP contribution in [0.15, 0.2) is 48.5 Å². The van der Waals surface area contributed by atoms with Crippen molar-refractivity contribution < 1.29 is 15.3 Å². The van der Waals surface area contributed by atoms with Gasteiger partial charge in [-0.05, 0) is 73.3 Å². The third-order valence-corrected chi connectivity index (χ3v) is 7.51. The standard InChI is InChI=1S/C24H30O3/c1-4-23-15-22(3,26)24(27,18-8-6-5-7-9-18)14-21(23)16(2)12-17-13-19(25)10-11-20(17)23/h5-11,13,16,21,25-27H,4,12,14-15H2,1-3H3/t16?,21-,22?,23?,24?/m0/s1. The molecule has 3 N–H and O–H groups in total. The van der Waals surface area contributed by atoms with E-state index in [9.17, 15) is 15.3 Å². The van der Waals surface area contributed by atoms with Crippen molar-refractivity contribution in [2.45, 2.75) is 63.1 Å². The molecule has 5 atom stereocenters. The molecule has 3 nitrogen and oxygen atoms in total. The highest BCUT2D eigenvalue weighted by atomic mass is 16.4. The van der Waals surface area contributed by atoms with Crippen molar-refractivity contribution in [3.05, 3.63) is 65.2 Å². The Hall–Kier alpha value is -1.84. The average Bonchev–Trinajstić information content (AvgIpc) is 2.63. The minimum atomic E-state index is -1.26. The van der Waals surface area contributed by atoms with E-state index in [1.165, 1.54) is 11.1 Å². The summed E-state index contributed by atoms with van der Waals surface area (Å²) in [6.45, 7) is 6.21. The Morgan fingerprint density at radius 1 is 1.07 bits per heavy atom. The number of hydrogen-bond donors (Lipinski definition) is 3. The molecule has 0 radical (unpaired) electrons. The van der Waals surface area contributed by atoms with Gasteiger partial charge in [-0.25, -0.2) is 0 Å². The maximum Gasteiger partial charge on any atom is 0.118 e. The van der Waals surface area contributed by atoms with Crippen LogP contribution in [-0.4, -0.2) is 20.9 Å². The first kappa shape index (κ1) is 18.5. The van der Waals surface area contributed by atoms with Crippen molar-refractivity contribution in [1.82, 2.24) is 0 Å². The number of benzene rings is 2. The predicted molar refractivity (Wildman–Crippen MR) is 107 cm³/mol. The summed E-state index contributed by atoms with van der Waals surface area (Å²) in [5.41, 5.74) is 0.518. The molecule has 0 spiro atoms. The molecule has 3 heteroatoms. The lowest BCUT2D eigenvalue weighted by Crippen LogP contribution is -2.63. The maximum atomic E-state index is 11.7. The normalized spacial score (nSPS) is 38.1. The average molecular weight is 367 g/mol. The van der Waals surface area contributed by atoms with E-state index in [2.05, 4.69) is 13.8 Å². The van der Waals surface area contributed by atoms with E-state index in [0.29, 0.717) is 24.5 Å². The SMILES string of the molecule is CCC12CC(C)(O)C(O)(c3ccccc3)C[C@H]1C(C)Cc1cc(O)ccc12. The molecule has 0 heterocycles. The van der Waals surface area contributed by atoms with Gasteiger partial charge in [0.1, 0.15) is 11.4 Å². The van der Waals surface area contributed by atoms with Crippen molar-refractivity contribution in [2.75, 3.05) is 0 Å². The van der Waals surface area contributed by atoms with E-state index in [4.69, 9.17) is 0 Å². The zero-order valence-corrected chi connectivity index (χ0v) is 16.4. The van der Waals surface area contributed by atoms with Crippen LogP contribution in [0.3, 0.4) is 0 Å². The second-order valence-corrected chi connectivity index (χ2v) is 9.02. The molecule has 0 aromatic heterocycles. The smallest absolute Gasteiger partial charge is 0.118 e. The van der Waals surface area contributed by atoms with Gasteiger partial charge in [-0.15, -0.1) is 0 Å². The molecule has 2 aromatic rings. The molecule has 1 fully saturated rings. The topological polar surface area (TPSA) is 60.7 Å². The number of phenolic OH excluding ortho intramolecular Hbond substituents is 1. The van der Waals surface area contributed by atoms with Crippen LogP contribution in [0.25, 0.3) is 0 Å². The van der Waals surface area contributed by atoms with Crippen LogP contribution in [0.2, 0.25) is 0 Å². The highest BCUT2D eigenvalue weighted by Gasteiger charge is 2.62. The molecule has 2 aliphatic carbocycles. The molecule has 2 aromatic carbocycles. The van der Waals surface area contributed by atoms with Crippen LogP contribution >= 0.6 is 0 Å². The van der Waals surface area contributed by atoms with Gasteiger partial charge in [0.15, 0.2) is 0 Å². The van der Waals surface area contributed by atoms with E-state index in [1.807, 2.05) is 42.5 Å². The minimum absolute atomic E-state index is 0.189. The van der Waals surface area contributed by atoms with Gasteiger partial charge in [-0.2, -0.15) is 0 Å². The Morgan fingerprint density at radius 2 is 1.78 bits per heavy atom. The summed E-state index contributed by atoms with van der Waals surface area (Å²) in [6.07, 6.45) is 2.85. The highest BCUT2D eigenvalue weighted by Crippen LogP contribution is 2.61. The van der Waals surface area contributed by atoms with Gasteiger partial charge >= 0.3 is 0 Å². The molecular weight excluding hydrogens is 336 g/mol. The fourth-order valence-electron chi connectivity index (χ4n) is 6.11. The first-order valence-electron chi connectivity index (χ1n) is 10.1. The molecule has 1 saturated carbocycles. The molecular formula is C24H30O3. The third kappa shape index (κ3) is 2.55. The van der Waals surface area contributed by atoms with E-state index in [1.54, 1.807) is 13.0 Å². The van der Waals surface area contributed by atoms with Crippen LogP contribution in [0.1, 0.15) is 56.7 Å². The van der Waals surface area contributed by atoms with Crippen LogP contribution in [0.5, 0.6) is 5.75 Å². The fraction of sp³-hybridized carbons (Fsp3) is 0.500. The Labute approximate surface area is 161 Å². The lowest BCUT2D eigenvalue weighted by molar-refractivity contribution is -0.210. The summed E-state index contributed by atoms with van der Waals surface area (Å²) >= 11 is 0. The number of hydrogen-bond acceptors (Lipinski definition) is 3. The molecule has 4 rings (SSSR count). The highest BCUT2D eigenvalue weighted by molar-refractivity contribution is 5.45. The zero-order valence-electron chi connectivity index (χ0n) is 16.4. The number of fused-ring (bicyclic) bond motifs is 3. The van der Waals surface area contributed by atoms with Crippen LogP contribution in [0.4, 0.5) is 0 Å². The third-order valence-electron chi connectivity index (χ3n) is 7.51. The lowest BCUT2D eigenvalue weighted by Gasteiger charge is -2.60. The van der Waals surface area contributed by atoms with E-state index in [-0.39, 0.29) is 11.3 Å². The van der Waals surface area contributed by atoms with Gasteiger partial charge in [0.05, 0.1) is 5.60 Å². The quantitative estimate of drug-likeness (QED) is 0.743. The molecule has 2 aliphatic rings. The molecule has 144 valence electrons. The van der Waals surface area contributed by atoms with Gasteiger partial charge in [0.2, 0.25) is 0 Å². The number of aromatic hydroxyl groups is 1. The summed E-state index contributed by atoms with van der Waals surface area (Å²) in [5, 5.41) is 33.3. The van der Waals surface area contributed by atoms with Gasteiger partial charge in [0.25, 0.3) is 0 Å². The van der Waals surface area contributed by atoms with Crippen LogP contribution in [0, 0.1) is 11.8 Å². The second kappa shape index (κ2) is 6.08. The fourth-order valence-corrected chi connectivity index (χ4v) is 6.11. The zero-order chi connectivity index (χ0) is 19.4. The van der Waals surface area contributed by atoms with Crippen molar-refractivity contribution in [3.63, 3.8) is 0 Å². The predicted octanol–water partition coefficient (Wildman–Crippen LogP) is 4.28. The van der Waals surface area contributed by atoms with E-state index >= 15 is 0 Å².